The Morgan fingerprint density at radius 1 is 1.19 bits per heavy atom. The second-order valence-electron chi connectivity index (χ2n) is 7.15. The number of allylic oxidation sites excluding steroid dienone is 3. The summed E-state index contributed by atoms with van der Waals surface area (Å²) in [6, 6.07) is 0. The van der Waals surface area contributed by atoms with Gasteiger partial charge in [0.15, 0.2) is 5.78 Å². The monoisotopic (exact) mass is 364 g/mol. The molecule has 0 saturated heterocycles. The van der Waals surface area contributed by atoms with Crippen molar-refractivity contribution in [2.24, 2.45) is 11.8 Å². The zero-order chi connectivity index (χ0) is 19.2. The summed E-state index contributed by atoms with van der Waals surface area (Å²) >= 11 is 0. The van der Waals surface area contributed by atoms with Gasteiger partial charge in [-0.2, -0.15) is 0 Å². The number of aliphatic hydroxyl groups excluding tert-OH is 1. The summed E-state index contributed by atoms with van der Waals surface area (Å²) in [5, 5.41) is 10.0. The molecule has 4 nitrogen and oxygen atoms in total. The minimum Gasteiger partial charge on any atom is -0.466 e. The molecule has 0 aromatic heterocycles. The molecular weight excluding hydrogens is 328 g/mol. The highest BCUT2D eigenvalue weighted by molar-refractivity contribution is 5.94. The number of hydrogen-bond acceptors (Lipinski definition) is 4. The van der Waals surface area contributed by atoms with E-state index in [0.29, 0.717) is 13.0 Å². The normalized spacial score (nSPS) is 20.8. The van der Waals surface area contributed by atoms with Gasteiger partial charge in [0.2, 0.25) is 0 Å². The lowest BCUT2D eigenvalue weighted by atomic mass is 9.88. The fourth-order valence-electron chi connectivity index (χ4n) is 3.36. The average molecular weight is 365 g/mol. The van der Waals surface area contributed by atoms with Crippen LogP contribution in [0.3, 0.4) is 0 Å². The molecule has 0 saturated carbocycles. The lowest BCUT2D eigenvalue weighted by Gasteiger charge is -2.15. The predicted octanol–water partition coefficient (Wildman–Crippen LogP) is 4.76. The minimum atomic E-state index is -0.408. The van der Waals surface area contributed by atoms with E-state index in [1.165, 1.54) is 0 Å². The molecule has 0 radical (unpaired) electrons. The molecule has 0 aliphatic heterocycles. The first-order valence-corrected chi connectivity index (χ1v) is 10.3. The van der Waals surface area contributed by atoms with E-state index in [1.54, 1.807) is 6.08 Å². The van der Waals surface area contributed by atoms with Gasteiger partial charge in [-0.05, 0) is 32.3 Å². The number of aliphatic hydroxyl groups is 1. The summed E-state index contributed by atoms with van der Waals surface area (Å²) < 4.78 is 4.91. The van der Waals surface area contributed by atoms with Crippen LogP contribution < -0.4 is 0 Å². The Morgan fingerprint density at radius 3 is 2.69 bits per heavy atom. The fraction of sp³-hybridized carbons (Fsp3) is 0.727. The number of carbonyl (C=O) groups is 2. The van der Waals surface area contributed by atoms with Crippen molar-refractivity contribution < 1.29 is 19.4 Å². The van der Waals surface area contributed by atoms with Crippen LogP contribution in [0.2, 0.25) is 0 Å². The molecule has 0 fully saturated rings. The topological polar surface area (TPSA) is 63.6 Å². The van der Waals surface area contributed by atoms with Crippen molar-refractivity contribution in [2.75, 3.05) is 6.61 Å². The largest absolute Gasteiger partial charge is 0.466 e. The zero-order valence-corrected chi connectivity index (χ0v) is 16.5. The van der Waals surface area contributed by atoms with Gasteiger partial charge in [0.25, 0.3) is 0 Å². The standard InChI is InChI=1S/C22H36O4/c1-3-5-8-11-19(23)16-14-18-15-17-21(24)20(18)12-9-6-7-10-13-22(25)26-4-2/h14-20,23H,3-13H2,1-2H3/t18-,19?,20-/m0/s1. The summed E-state index contributed by atoms with van der Waals surface area (Å²) in [7, 11) is 0. The average Bonchev–Trinajstić information content (AvgIpc) is 2.96. The molecule has 0 aromatic rings. The summed E-state index contributed by atoms with van der Waals surface area (Å²) in [5.74, 6) is 0.207. The number of rotatable bonds is 14. The maximum absolute atomic E-state index is 12.1. The van der Waals surface area contributed by atoms with Crippen molar-refractivity contribution in [1.82, 2.24) is 0 Å². The van der Waals surface area contributed by atoms with Crippen LogP contribution in [0.4, 0.5) is 0 Å². The summed E-state index contributed by atoms with van der Waals surface area (Å²) in [6.07, 6.45) is 16.4. The molecule has 0 bridgehead atoms. The molecule has 1 aliphatic rings. The second kappa shape index (κ2) is 13.7. The quantitative estimate of drug-likeness (QED) is 0.274. The molecule has 1 unspecified atom stereocenters. The van der Waals surface area contributed by atoms with Crippen LogP contribution in [0.5, 0.6) is 0 Å². The summed E-state index contributed by atoms with van der Waals surface area (Å²) in [4.78, 5) is 23.4. The summed E-state index contributed by atoms with van der Waals surface area (Å²) in [5.41, 5.74) is 0. The Kier molecular flexibility index (Phi) is 12.0. The molecule has 26 heavy (non-hydrogen) atoms. The third-order valence-corrected chi connectivity index (χ3v) is 4.92. The number of unbranched alkanes of at least 4 members (excludes halogenated alkanes) is 5. The Hall–Kier alpha value is -1.42. The maximum Gasteiger partial charge on any atom is 0.305 e. The molecule has 0 heterocycles. The van der Waals surface area contributed by atoms with Gasteiger partial charge in [0.1, 0.15) is 0 Å². The number of carbonyl (C=O) groups excluding carboxylic acids is 2. The number of ketones is 1. The van der Waals surface area contributed by atoms with E-state index in [4.69, 9.17) is 4.74 Å². The van der Waals surface area contributed by atoms with Crippen molar-refractivity contribution in [2.45, 2.75) is 84.2 Å². The van der Waals surface area contributed by atoms with Gasteiger partial charge in [-0.15, -0.1) is 0 Å². The third-order valence-electron chi connectivity index (χ3n) is 4.92. The first-order chi connectivity index (χ1) is 12.6. The molecule has 1 aliphatic carbocycles. The van der Waals surface area contributed by atoms with Gasteiger partial charge >= 0.3 is 5.97 Å². The molecule has 3 atom stereocenters. The van der Waals surface area contributed by atoms with Crippen LogP contribution in [-0.2, 0) is 14.3 Å². The Balaban J connectivity index is 2.25. The van der Waals surface area contributed by atoms with Gasteiger partial charge in [0.05, 0.1) is 12.7 Å². The smallest absolute Gasteiger partial charge is 0.305 e. The highest BCUT2D eigenvalue weighted by Gasteiger charge is 2.27. The van der Waals surface area contributed by atoms with Gasteiger partial charge in [-0.3, -0.25) is 9.59 Å². The van der Waals surface area contributed by atoms with Crippen LogP contribution >= 0.6 is 0 Å². The van der Waals surface area contributed by atoms with Crippen molar-refractivity contribution in [3.05, 3.63) is 24.3 Å². The maximum atomic E-state index is 12.1. The van der Waals surface area contributed by atoms with Crippen molar-refractivity contribution in [3.63, 3.8) is 0 Å². The predicted molar refractivity (Wildman–Crippen MR) is 105 cm³/mol. The second-order valence-corrected chi connectivity index (χ2v) is 7.15. The van der Waals surface area contributed by atoms with Crippen molar-refractivity contribution >= 4 is 11.8 Å². The Morgan fingerprint density at radius 2 is 1.96 bits per heavy atom. The van der Waals surface area contributed by atoms with E-state index >= 15 is 0 Å². The van der Waals surface area contributed by atoms with Gasteiger partial charge in [-0.1, -0.05) is 63.7 Å². The fourth-order valence-corrected chi connectivity index (χ4v) is 3.36. The van der Waals surface area contributed by atoms with E-state index in [-0.39, 0.29) is 23.6 Å². The SMILES string of the molecule is CCCCCC(O)C=C[C@H]1C=CC(=O)[C@H]1CCCCCCC(=O)OCC. The van der Waals surface area contributed by atoms with Gasteiger partial charge < -0.3 is 9.84 Å². The Bertz CT molecular complexity index is 467. The molecule has 0 spiro atoms. The van der Waals surface area contributed by atoms with Crippen LogP contribution in [0.15, 0.2) is 24.3 Å². The number of ether oxygens (including phenoxy) is 1. The van der Waals surface area contributed by atoms with Gasteiger partial charge in [-0.25, -0.2) is 0 Å². The van der Waals surface area contributed by atoms with Gasteiger partial charge in [0, 0.05) is 18.3 Å². The third kappa shape index (κ3) is 9.33. The molecule has 4 heteroatoms. The molecule has 1 N–H and O–H groups in total. The molecule has 1 rings (SSSR count). The van der Waals surface area contributed by atoms with E-state index in [2.05, 4.69) is 6.92 Å². The molecular formula is C22H36O4. The zero-order valence-electron chi connectivity index (χ0n) is 16.5. The lowest BCUT2D eigenvalue weighted by molar-refractivity contribution is -0.143. The van der Waals surface area contributed by atoms with E-state index < -0.39 is 6.10 Å². The van der Waals surface area contributed by atoms with E-state index in [9.17, 15) is 14.7 Å². The van der Waals surface area contributed by atoms with Crippen molar-refractivity contribution in [3.8, 4) is 0 Å². The van der Waals surface area contributed by atoms with E-state index in [0.717, 1.165) is 57.8 Å². The lowest BCUT2D eigenvalue weighted by Crippen LogP contribution is -2.15. The van der Waals surface area contributed by atoms with Crippen LogP contribution in [0.25, 0.3) is 0 Å². The number of hydrogen-bond donors (Lipinski definition) is 1. The highest BCUT2D eigenvalue weighted by Crippen LogP contribution is 2.29. The van der Waals surface area contributed by atoms with Crippen LogP contribution in [0.1, 0.15) is 78.1 Å². The first-order valence-electron chi connectivity index (χ1n) is 10.3. The molecule has 0 amide bonds. The first kappa shape index (κ1) is 22.6. The van der Waals surface area contributed by atoms with Crippen molar-refractivity contribution in [1.29, 1.82) is 0 Å². The minimum absolute atomic E-state index is 0.0131. The number of esters is 1. The van der Waals surface area contributed by atoms with E-state index in [1.807, 2.05) is 25.2 Å². The highest BCUT2D eigenvalue weighted by atomic mass is 16.5. The Labute approximate surface area is 158 Å². The summed E-state index contributed by atoms with van der Waals surface area (Å²) in [6.45, 7) is 4.41. The molecule has 148 valence electrons. The van der Waals surface area contributed by atoms with Crippen LogP contribution in [-0.4, -0.2) is 29.6 Å². The van der Waals surface area contributed by atoms with Crippen LogP contribution in [0, 0.1) is 11.8 Å². The molecule has 0 aromatic carbocycles.